The summed E-state index contributed by atoms with van der Waals surface area (Å²) in [6.07, 6.45) is 0. The lowest BCUT2D eigenvalue weighted by molar-refractivity contribution is -0.139. The third-order valence-electron chi connectivity index (χ3n) is 5.43. The zero-order chi connectivity index (χ0) is 22.7. The van der Waals surface area contributed by atoms with Crippen molar-refractivity contribution in [3.05, 3.63) is 87.9 Å². The summed E-state index contributed by atoms with van der Waals surface area (Å²) < 4.78 is 10.1. The van der Waals surface area contributed by atoms with Crippen molar-refractivity contribution in [3.63, 3.8) is 0 Å². The summed E-state index contributed by atoms with van der Waals surface area (Å²) in [4.78, 5) is 27.4. The van der Waals surface area contributed by atoms with E-state index in [1.165, 1.54) is 19.1 Å². The highest BCUT2D eigenvalue weighted by Crippen LogP contribution is 2.43. The molecule has 0 saturated heterocycles. The van der Waals surface area contributed by atoms with Crippen LogP contribution >= 0.6 is 0 Å². The third kappa shape index (κ3) is 3.64. The number of esters is 2. The predicted octanol–water partition coefficient (Wildman–Crippen LogP) is 3.20. The molecule has 0 saturated carbocycles. The smallest absolute Gasteiger partial charge is 0.355 e. The molecule has 1 aliphatic rings. The van der Waals surface area contributed by atoms with E-state index in [1.807, 2.05) is 32.0 Å². The van der Waals surface area contributed by atoms with Gasteiger partial charge in [-0.25, -0.2) is 9.59 Å². The molecule has 2 aromatic rings. The van der Waals surface area contributed by atoms with Crippen molar-refractivity contribution in [3.8, 4) is 6.07 Å². The Morgan fingerprint density at radius 1 is 1.00 bits per heavy atom. The number of allylic oxidation sites excluding steroid dienone is 1. The first-order valence-electron chi connectivity index (χ1n) is 9.59. The molecule has 0 fully saturated rings. The molecule has 7 heteroatoms. The highest BCUT2D eigenvalue weighted by Gasteiger charge is 2.43. The number of hydrogen-bond donors (Lipinski definition) is 1. The minimum Gasteiger partial charge on any atom is -0.466 e. The molecule has 0 aromatic heterocycles. The molecule has 0 spiro atoms. The van der Waals surface area contributed by atoms with Crippen LogP contribution in [-0.4, -0.2) is 26.2 Å². The molecule has 3 rings (SSSR count). The van der Waals surface area contributed by atoms with E-state index >= 15 is 0 Å². The van der Waals surface area contributed by atoms with Gasteiger partial charge in [-0.05, 0) is 36.6 Å². The van der Waals surface area contributed by atoms with Crippen LogP contribution in [0.1, 0.15) is 22.6 Å². The summed E-state index contributed by atoms with van der Waals surface area (Å²) in [5.41, 5.74) is 9.54. The van der Waals surface area contributed by atoms with E-state index in [0.29, 0.717) is 11.3 Å². The lowest BCUT2D eigenvalue weighted by Gasteiger charge is -2.36. The van der Waals surface area contributed by atoms with E-state index in [-0.39, 0.29) is 22.7 Å². The fraction of sp³-hybridized carbons (Fsp3) is 0.208. The summed E-state index contributed by atoms with van der Waals surface area (Å²) in [6.45, 7) is 3.80. The molecule has 7 nitrogen and oxygen atoms in total. The van der Waals surface area contributed by atoms with E-state index in [0.717, 1.165) is 11.1 Å². The largest absolute Gasteiger partial charge is 0.466 e. The first kappa shape index (κ1) is 21.7. The zero-order valence-electron chi connectivity index (χ0n) is 17.8. The number of carbonyl (C=O) groups is 2. The molecule has 2 aromatic carbocycles. The number of nitrogens with zero attached hydrogens (tertiary/aromatic N) is 2. The fourth-order valence-electron chi connectivity index (χ4n) is 3.74. The lowest BCUT2D eigenvalue weighted by Crippen LogP contribution is -2.41. The van der Waals surface area contributed by atoms with Crippen molar-refractivity contribution in [2.24, 2.45) is 5.73 Å². The Balaban J connectivity index is 2.45. The van der Waals surface area contributed by atoms with Gasteiger partial charge in [0.15, 0.2) is 0 Å². The van der Waals surface area contributed by atoms with Gasteiger partial charge in [-0.15, -0.1) is 0 Å². The molecule has 0 bridgehead atoms. The maximum atomic E-state index is 13.0. The van der Waals surface area contributed by atoms with Crippen molar-refractivity contribution >= 4 is 17.6 Å². The molecule has 31 heavy (non-hydrogen) atoms. The number of carbonyl (C=O) groups excluding carboxylic acids is 2. The van der Waals surface area contributed by atoms with Gasteiger partial charge in [0.2, 0.25) is 0 Å². The van der Waals surface area contributed by atoms with Crippen molar-refractivity contribution in [2.75, 3.05) is 19.1 Å². The van der Waals surface area contributed by atoms with Gasteiger partial charge in [0, 0.05) is 0 Å². The van der Waals surface area contributed by atoms with Gasteiger partial charge in [-0.2, -0.15) is 5.26 Å². The second-order valence-electron chi connectivity index (χ2n) is 7.05. The normalized spacial score (nSPS) is 16.1. The van der Waals surface area contributed by atoms with E-state index in [4.69, 9.17) is 15.2 Å². The molecule has 2 N–H and O–H groups in total. The van der Waals surface area contributed by atoms with Crippen molar-refractivity contribution in [1.82, 2.24) is 0 Å². The van der Waals surface area contributed by atoms with Crippen LogP contribution in [0.4, 0.5) is 5.69 Å². The number of aryl methyl sites for hydroxylation is 1. The minimum atomic E-state index is -0.880. The number of hydrogen-bond acceptors (Lipinski definition) is 7. The van der Waals surface area contributed by atoms with Crippen LogP contribution in [0.2, 0.25) is 0 Å². The molecule has 1 heterocycles. The van der Waals surface area contributed by atoms with Gasteiger partial charge in [-0.3, -0.25) is 4.90 Å². The zero-order valence-corrected chi connectivity index (χ0v) is 17.8. The summed E-state index contributed by atoms with van der Waals surface area (Å²) in [7, 11) is 2.45. The van der Waals surface area contributed by atoms with E-state index < -0.39 is 17.9 Å². The van der Waals surface area contributed by atoms with E-state index in [1.54, 1.807) is 30.3 Å². The van der Waals surface area contributed by atoms with Gasteiger partial charge in [0.25, 0.3) is 0 Å². The van der Waals surface area contributed by atoms with Crippen LogP contribution in [0.5, 0.6) is 0 Å². The highest BCUT2D eigenvalue weighted by atomic mass is 16.5. The second-order valence-corrected chi connectivity index (χ2v) is 7.05. The van der Waals surface area contributed by atoms with Crippen LogP contribution in [0.15, 0.2) is 71.2 Å². The summed E-state index contributed by atoms with van der Waals surface area (Å²) in [6, 6.07) is 16.6. The van der Waals surface area contributed by atoms with Gasteiger partial charge >= 0.3 is 11.9 Å². The Hall–Kier alpha value is -4.05. The lowest BCUT2D eigenvalue weighted by atomic mass is 9.80. The number of benzene rings is 2. The number of ether oxygens (including phenoxy) is 2. The Bertz CT molecular complexity index is 1140. The molecule has 1 atom stereocenters. The highest BCUT2D eigenvalue weighted by molar-refractivity contribution is 6.06. The van der Waals surface area contributed by atoms with Gasteiger partial charge < -0.3 is 15.2 Å². The van der Waals surface area contributed by atoms with Crippen LogP contribution in [0, 0.1) is 25.2 Å². The molecule has 1 unspecified atom stereocenters. The number of methoxy groups -OCH3 is 2. The van der Waals surface area contributed by atoms with Gasteiger partial charge in [0.05, 0.1) is 43.0 Å². The summed E-state index contributed by atoms with van der Waals surface area (Å²) in [5, 5.41) is 10.0. The van der Waals surface area contributed by atoms with Crippen LogP contribution in [0.3, 0.4) is 0 Å². The van der Waals surface area contributed by atoms with Crippen LogP contribution in [-0.2, 0) is 19.1 Å². The number of nitriles is 1. The average molecular weight is 417 g/mol. The summed E-state index contributed by atoms with van der Waals surface area (Å²) >= 11 is 0. The maximum absolute atomic E-state index is 13.0. The second kappa shape index (κ2) is 8.76. The standard InChI is InChI=1S/C24H23N3O4/c1-14-9-8-12-18(15(14)2)27-21(24(29)31-4)20(23(28)30-3)19(17(13-25)22(27)26)16-10-6-5-7-11-16/h5-12,19H,26H2,1-4H3. The van der Waals surface area contributed by atoms with Crippen molar-refractivity contribution < 1.29 is 19.1 Å². The predicted molar refractivity (Wildman–Crippen MR) is 115 cm³/mol. The molecule has 0 aliphatic carbocycles. The molecule has 0 amide bonds. The maximum Gasteiger partial charge on any atom is 0.355 e. The number of nitrogens with two attached hydrogens (primary N) is 1. The van der Waals surface area contributed by atoms with Crippen molar-refractivity contribution in [1.29, 1.82) is 5.26 Å². The summed E-state index contributed by atoms with van der Waals surface area (Å²) in [5.74, 6) is -2.33. The number of rotatable bonds is 4. The first-order chi connectivity index (χ1) is 14.9. The first-order valence-corrected chi connectivity index (χ1v) is 9.59. The molecular formula is C24H23N3O4. The van der Waals surface area contributed by atoms with E-state index in [2.05, 4.69) is 6.07 Å². The molecule has 0 radical (unpaired) electrons. The SMILES string of the molecule is COC(=O)C1=C(C(=O)OC)N(c2cccc(C)c2C)C(N)=C(C#N)C1c1ccccc1. The minimum absolute atomic E-state index is 0.00722. The van der Waals surface area contributed by atoms with Crippen LogP contribution < -0.4 is 10.6 Å². The van der Waals surface area contributed by atoms with Gasteiger partial charge in [-0.1, -0.05) is 42.5 Å². The average Bonchev–Trinajstić information content (AvgIpc) is 2.79. The van der Waals surface area contributed by atoms with E-state index in [9.17, 15) is 14.9 Å². The Kier molecular flexibility index (Phi) is 6.12. The van der Waals surface area contributed by atoms with Crippen LogP contribution in [0.25, 0.3) is 0 Å². The van der Waals surface area contributed by atoms with Crippen molar-refractivity contribution in [2.45, 2.75) is 19.8 Å². The Morgan fingerprint density at radius 3 is 2.23 bits per heavy atom. The molecular weight excluding hydrogens is 394 g/mol. The monoisotopic (exact) mass is 417 g/mol. The Morgan fingerprint density at radius 2 is 1.65 bits per heavy atom. The quantitative estimate of drug-likeness (QED) is 0.762. The topological polar surface area (TPSA) is 106 Å². The number of anilines is 1. The molecule has 158 valence electrons. The molecule has 1 aliphatic heterocycles. The van der Waals surface area contributed by atoms with Gasteiger partial charge in [0.1, 0.15) is 11.5 Å². The third-order valence-corrected chi connectivity index (χ3v) is 5.43. The Labute approximate surface area is 181 Å². The fourth-order valence-corrected chi connectivity index (χ4v) is 3.74.